The number of allylic oxidation sites excluding steroid dienone is 2. The molecule has 3 heterocycles. The van der Waals surface area contributed by atoms with E-state index in [2.05, 4.69) is 49.2 Å². The highest BCUT2D eigenvalue weighted by Gasteiger charge is 2.17. The summed E-state index contributed by atoms with van der Waals surface area (Å²) in [4.78, 5) is 22.9. The summed E-state index contributed by atoms with van der Waals surface area (Å²) in [6.07, 6.45) is 17.6. The monoisotopic (exact) mass is 615 g/mol. The lowest BCUT2D eigenvalue weighted by atomic mass is 9.96. The van der Waals surface area contributed by atoms with E-state index < -0.39 is 0 Å². The number of aliphatic imine (C=N–C) groups is 1. The largest absolute Gasteiger partial charge is 0.481 e. The molecule has 5 heteroatoms. The molecule has 0 saturated carbocycles. The van der Waals surface area contributed by atoms with Crippen molar-refractivity contribution in [1.82, 2.24) is 9.55 Å². The average Bonchev–Trinajstić information content (AvgIpc) is 3.30. The van der Waals surface area contributed by atoms with Gasteiger partial charge in [0.15, 0.2) is 0 Å². The van der Waals surface area contributed by atoms with Gasteiger partial charge in [-0.05, 0) is 79.3 Å². The van der Waals surface area contributed by atoms with Crippen LogP contribution in [0.4, 0.5) is 0 Å². The first-order valence-corrected chi connectivity index (χ1v) is 17.2. The number of ether oxygens (including phenoxy) is 1. The molecule has 2 aromatic heterocycles. The SMILES string of the molecule is CCCCC(C)CCCCc1ccc(C/C=C2/CCc3c(cc(-c4ccc(-c5ccc(OC)nc5)cc4)c(=O)n3CC)C=N2)cc1. The predicted molar refractivity (Wildman–Crippen MR) is 192 cm³/mol. The Hall–Kier alpha value is -4.25. The molecule has 5 rings (SSSR count). The zero-order valence-electron chi connectivity index (χ0n) is 28.1. The Kier molecular flexibility index (Phi) is 11.8. The summed E-state index contributed by atoms with van der Waals surface area (Å²) in [7, 11) is 1.61. The number of hydrogen-bond donors (Lipinski definition) is 0. The second-order valence-corrected chi connectivity index (χ2v) is 12.6. The Balaban J connectivity index is 1.23. The second-order valence-electron chi connectivity index (χ2n) is 12.6. The van der Waals surface area contributed by atoms with E-state index in [1.54, 1.807) is 13.3 Å². The molecule has 1 unspecified atom stereocenters. The Morgan fingerprint density at radius 2 is 1.59 bits per heavy atom. The van der Waals surface area contributed by atoms with Crippen LogP contribution in [0.3, 0.4) is 0 Å². The Bertz CT molecular complexity index is 1680. The summed E-state index contributed by atoms with van der Waals surface area (Å²) in [6, 6.07) is 23.1. The minimum atomic E-state index is 0.0482. The van der Waals surface area contributed by atoms with Gasteiger partial charge in [-0.15, -0.1) is 0 Å². The van der Waals surface area contributed by atoms with Gasteiger partial charge in [-0.2, -0.15) is 0 Å². The lowest BCUT2D eigenvalue weighted by Crippen LogP contribution is -2.25. The lowest BCUT2D eigenvalue weighted by Gasteiger charge is -2.15. The quantitative estimate of drug-likeness (QED) is 0.133. The van der Waals surface area contributed by atoms with E-state index in [0.717, 1.165) is 65.2 Å². The first kappa shape index (κ1) is 33.1. The summed E-state index contributed by atoms with van der Waals surface area (Å²) >= 11 is 0. The maximum atomic E-state index is 13.7. The Morgan fingerprint density at radius 1 is 0.870 bits per heavy atom. The third kappa shape index (κ3) is 8.51. The van der Waals surface area contributed by atoms with E-state index >= 15 is 0 Å². The number of aryl methyl sites for hydroxylation is 1. The molecule has 0 fully saturated rings. The first-order chi connectivity index (χ1) is 22.5. The summed E-state index contributed by atoms with van der Waals surface area (Å²) in [5, 5.41) is 0. The highest BCUT2D eigenvalue weighted by atomic mass is 16.5. The van der Waals surface area contributed by atoms with Crippen molar-refractivity contribution >= 4 is 6.21 Å². The van der Waals surface area contributed by atoms with Crippen LogP contribution < -0.4 is 10.3 Å². The molecule has 0 radical (unpaired) electrons. The van der Waals surface area contributed by atoms with E-state index in [-0.39, 0.29) is 5.56 Å². The fourth-order valence-electron chi connectivity index (χ4n) is 6.39. The molecule has 1 aliphatic heterocycles. The molecule has 0 aliphatic carbocycles. The van der Waals surface area contributed by atoms with Gasteiger partial charge in [0.05, 0.1) is 7.11 Å². The fraction of sp³-hybridized carbons (Fsp3) is 0.390. The fourth-order valence-corrected chi connectivity index (χ4v) is 6.39. The number of methoxy groups -OCH3 is 1. The minimum absolute atomic E-state index is 0.0482. The van der Waals surface area contributed by atoms with Crippen LogP contribution in [0, 0.1) is 5.92 Å². The van der Waals surface area contributed by atoms with E-state index in [4.69, 9.17) is 9.73 Å². The second kappa shape index (κ2) is 16.4. The lowest BCUT2D eigenvalue weighted by molar-refractivity contribution is 0.398. The molecule has 2 aromatic carbocycles. The van der Waals surface area contributed by atoms with Gasteiger partial charge >= 0.3 is 0 Å². The molecular formula is C41H49N3O2. The maximum Gasteiger partial charge on any atom is 0.258 e. The normalized spacial score (nSPS) is 14.2. The van der Waals surface area contributed by atoms with Gasteiger partial charge in [-0.25, -0.2) is 4.98 Å². The van der Waals surface area contributed by atoms with Gasteiger partial charge in [-0.3, -0.25) is 9.79 Å². The molecule has 46 heavy (non-hydrogen) atoms. The van der Waals surface area contributed by atoms with Crippen LogP contribution >= 0.6 is 0 Å². The average molecular weight is 616 g/mol. The van der Waals surface area contributed by atoms with E-state index in [0.29, 0.717) is 18.0 Å². The standard InChI is InChI=1S/C41H49N3O2/c1-5-7-10-30(3)11-8-9-12-31-13-15-32(16-14-31)17-23-37-24-25-39-36(29-42-37)27-38(41(45)44(39)6-2)34-20-18-33(19-21-34)35-22-26-40(46-4)43-28-35/h13-16,18-23,26-30H,5-12,17,24-25H2,1-4H3/b37-23-. The number of nitrogens with zero attached hydrogens (tertiary/aromatic N) is 3. The maximum absolute atomic E-state index is 13.7. The Labute approximate surface area is 275 Å². The zero-order chi connectivity index (χ0) is 32.3. The van der Waals surface area contributed by atoms with Gasteiger partial charge in [0, 0.05) is 53.1 Å². The minimum Gasteiger partial charge on any atom is -0.481 e. The number of pyridine rings is 2. The number of rotatable bonds is 14. The van der Waals surface area contributed by atoms with Gasteiger partial charge in [-0.1, -0.05) is 101 Å². The molecule has 4 aromatic rings. The smallest absolute Gasteiger partial charge is 0.258 e. The van der Waals surface area contributed by atoms with E-state index in [9.17, 15) is 4.79 Å². The van der Waals surface area contributed by atoms with E-state index in [1.807, 2.05) is 60.2 Å². The van der Waals surface area contributed by atoms with Gasteiger partial charge in [0.25, 0.3) is 5.56 Å². The van der Waals surface area contributed by atoms with Crippen molar-refractivity contribution < 1.29 is 4.74 Å². The molecule has 1 atom stereocenters. The van der Waals surface area contributed by atoms with Crippen LogP contribution in [-0.2, 0) is 25.8 Å². The molecular weight excluding hydrogens is 566 g/mol. The summed E-state index contributed by atoms with van der Waals surface area (Å²) < 4.78 is 7.10. The predicted octanol–water partition coefficient (Wildman–Crippen LogP) is 9.64. The van der Waals surface area contributed by atoms with Crippen LogP contribution in [0.2, 0.25) is 0 Å². The van der Waals surface area contributed by atoms with Crippen molar-refractivity contribution in [1.29, 1.82) is 0 Å². The molecule has 0 N–H and O–H groups in total. The van der Waals surface area contributed by atoms with Crippen molar-refractivity contribution in [2.75, 3.05) is 7.11 Å². The van der Waals surface area contributed by atoms with Gasteiger partial charge in [0.2, 0.25) is 5.88 Å². The third-order valence-corrected chi connectivity index (χ3v) is 9.27. The van der Waals surface area contributed by atoms with Crippen molar-refractivity contribution in [3.63, 3.8) is 0 Å². The van der Waals surface area contributed by atoms with Crippen LogP contribution in [0.15, 0.2) is 94.5 Å². The highest BCUT2D eigenvalue weighted by molar-refractivity contribution is 5.85. The van der Waals surface area contributed by atoms with Crippen LogP contribution in [-0.4, -0.2) is 22.9 Å². The summed E-state index contributed by atoms with van der Waals surface area (Å²) in [5.74, 6) is 1.44. The highest BCUT2D eigenvalue weighted by Crippen LogP contribution is 2.27. The Morgan fingerprint density at radius 3 is 2.28 bits per heavy atom. The van der Waals surface area contributed by atoms with Crippen molar-refractivity contribution in [2.24, 2.45) is 10.9 Å². The molecule has 0 amide bonds. The van der Waals surface area contributed by atoms with Crippen molar-refractivity contribution in [3.05, 3.63) is 117 Å². The first-order valence-electron chi connectivity index (χ1n) is 17.2. The summed E-state index contributed by atoms with van der Waals surface area (Å²) in [6.45, 7) is 7.35. The molecule has 5 nitrogen and oxygen atoms in total. The number of aromatic nitrogens is 2. The van der Waals surface area contributed by atoms with Gasteiger partial charge in [0.1, 0.15) is 0 Å². The van der Waals surface area contributed by atoms with Crippen LogP contribution in [0.5, 0.6) is 5.88 Å². The topological polar surface area (TPSA) is 56.5 Å². The van der Waals surface area contributed by atoms with E-state index in [1.165, 1.54) is 49.7 Å². The van der Waals surface area contributed by atoms with Crippen molar-refractivity contribution in [2.45, 2.75) is 91.5 Å². The van der Waals surface area contributed by atoms with Gasteiger partial charge < -0.3 is 9.30 Å². The molecule has 0 saturated heterocycles. The molecule has 1 aliphatic rings. The van der Waals surface area contributed by atoms with Crippen LogP contribution in [0.1, 0.15) is 88.1 Å². The number of fused-ring (bicyclic) bond motifs is 1. The van der Waals surface area contributed by atoms with Crippen molar-refractivity contribution in [3.8, 4) is 28.1 Å². The molecule has 240 valence electrons. The molecule has 0 spiro atoms. The molecule has 0 bridgehead atoms. The number of hydrogen-bond acceptors (Lipinski definition) is 4. The number of unbranched alkanes of at least 4 members (excludes halogenated alkanes) is 2. The van der Waals surface area contributed by atoms with Crippen LogP contribution in [0.25, 0.3) is 22.3 Å². The number of benzene rings is 2. The summed E-state index contributed by atoms with van der Waals surface area (Å²) in [5.41, 5.74) is 9.59. The third-order valence-electron chi connectivity index (χ3n) is 9.27. The zero-order valence-corrected chi connectivity index (χ0v) is 28.1.